The van der Waals surface area contributed by atoms with Gasteiger partial charge in [-0.05, 0) is 73.7 Å². The average Bonchev–Trinajstić information content (AvgIpc) is 2.87. The number of carboxylic acid groups (broad SMARTS) is 1. The van der Waals surface area contributed by atoms with Crippen LogP contribution in [0.25, 0.3) is 10.9 Å². The molecule has 6 nitrogen and oxygen atoms in total. The van der Waals surface area contributed by atoms with Gasteiger partial charge in [-0.25, -0.2) is 4.39 Å². The molecule has 2 atom stereocenters. The number of carbonyl (C=O) groups excluding carboxylic acids is 1. The Morgan fingerprint density at radius 2 is 2.06 bits per heavy atom. The summed E-state index contributed by atoms with van der Waals surface area (Å²) in [6, 6.07) is 13.8. The van der Waals surface area contributed by atoms with Gasteiger partial charge in [-0.1, -0.05) is 6.07 Å². The molecule has 0 saturated carbocycles. The Morgan fingerprint density at radius 1 is 1.19 bits per heavy atom. The minimum Gasteiger partial charge on any atom is -0.497 e. The van der Waals surface area contributed by atoms with E-state index in [1.165, 1.54) is 12.1 Å². The third kappa shape index (κ3) is 6.83. The van der Waals surface area contributed by atoms with Crippen LogP contribution < -0.4 is 4.74 Å². The molecule has 0 radical (unpaired) electrons. The van der Waals surface area contributed by atoms with Crippen LogP contribution in [0.3, 0.4) is 0 Å². The number of ether oxygens (including phenoxy) is 1. The lowest BCUT2D eigenvalue weighted by atomic mass is 9.79. The number of benzene rings is 2. The molecule has 1 saturated heterocycles. The average molecular weight is 511 g/mol. The van der Waals surface area contributed by atoms with E-state index in [0.29, 0.717) is 30.7 Å². The van der Waals surface area contributed by atoms with Gasteiger partial charge in [-0.15, -0.1) is 11.8 Å². The van der Waals surface area contributed by atoms with Gasteiger partial charge in [-0.2, -0.15) is 0 Å². The predicted octanol–water partition coefficient (Wildman–Crippen LogP) is 5.55. The van der Waals surface area contributed by atoms with Crippen LogP contribution in [-0.4, -0.2) is 59.2 Å². The van der Waals surface area contributed by atoms with Gasteiger partial charge < -0.3 is 14.7 Å². The van der Waals surface area contributed by atoms with E-state index in [4.69, 9.17) is 4.74 Å². The number of hydrogen-bond acceptors (Lipinski definition) is 6. The highest BCUT2D eigenvalue weighted by Crippen LogP contribution is 2.32. The van der Waals surface area contributed by atoms with Gasteiger partial charge in [0.25, 0.3) is 0 Å². The minimum absolute atomic E-state index is 0.00232. The number of piperidine rings is 1. The Balaban J connectivity index is 1.35. The minimum atomic E-state index is -0.806. The van der Waals surface area contributed by atoms with Crippen molar-refractivity contribution in [2.24, 2.45) is 11.8 Å². The molecule has 1 aromatic heterocycles. The normalized spacial score (nSPS) is 18.3. The predicted molar refractivity (Wildman–Crippen MR) is 139 cm³/mol. The number of Topliss-reactive ketones (excluding diaryl/α,β-unsaturated/α-hetero) is 1. The van der Waals surface area contributed by atoms with E-state index in [-0.39, 0.29) is 29.9 Å². The smallest absolute Gasteiger partial charge is 0.303 e. The fourth-order valence-electron chi connectivity index (χ4n) is 4.99. The van der Waals surface area contributed by atoms with E-state index in [0.717, 1.165) is 41.1 Å². The van der Waals surface area contributed by atoms with Crippen molar-refractivity contribution in [2.45, 2.75) is 30.6 Å². The van der Waals surface area contributed by atoms with Gasteiger partial charge in [0.05, 0.1) is 12.6 Å². The molecule has 1 aliphatic heterocycles. The number of aromatic nitrogens is 1. The van der Waals surface area contributed by atoms with Crippen molar-refractivity contribution in [3.63, 3.8) is 0 Å². The fraction of sp³-hybridized carbons (Fsp3) is 0.393. The Morgan fingerprint density at radius 3 is 2.83 bits per heavy atom. The number of aliphatic carboxylic acids is 1. The van der Waals surface area contributed by atoms with Crippen molar-refractivity contribution in [3.8, 4) is 5.75 Å². The topological polar surface area (TPSA) is 79.7 Å². The highest BCUT2D eigenvalue weighted by atomic mass is 32.2. The summed E-state index contributed by atoms with van der Waals surface area (Å²) in [4.78, 5) is 32.3. The van der Waals surface area contributed by atoms with Crippen LogP contribution >= 0.6 is 11.8 Å². The van der Waals surface area contributed by atoms with Crippen LogP contribution in [0.4, 0.5) is 4.39 Å². The lowest BCUT2D eigenvalue weighted by Crippen LogP contribution is -2.42. The first kappa shape index (κ1) is 26.1. The van der Waals surface area contributed by atoms with Crippen LogP contribution in [0.5, 0.6) is 5.75 Å². The number of halogens is 1. The Kier molecular flexibility index (Phi) is 8.93. The summed E-state index contributed by atoms with van der Waals surface area (Å²) in [5, 5.41) is 10.3. The maximum Gasteiger partial charge on any atom is 0.303 e. The Bertz CT molecular complexity index is 1220. The summed E-state index contributed by atoms with van der Waals surface area (Å²) >= 11 is 1.60. The highest BCUT2D eigenvalue weighted by Gasteiger charge is 2.31. The van der Waals surface area contributed by atoms with Crippen LogP contribution in [-0.2, 0) is 4.79 Å². The van der Waals surface area contributed by atoms with Crippen molar-refractivity contribution in [1.82, 2.24) is 9.88 Å². The summed E-state index contributed by atoms with van der Waals surface area (Å²) in [5.41, 5.74) is 1.37. The molecule has 1 fully saturated rings. The SMILES string of the molecule is COc1ccc2nccc(C(=O)CCC3CCN(CCSc4cccc(F)c4)CC3CC(=O)O)c2c1. The lowest BCUT2D eigenvalue weighted by Gasteiger charge is -2.38. The molecule has 0 aliphatic carbocycles. The van der Waals surface area contributed by atoms with Crippen molar-refractivity contribution < 1.29 is 23.8 Å². The number of pyridine rings is 1. The van der Waals surface area contributed by atoms with E-state index in [2.05, 4.69) is 9.88 Å². The van der Waals surface area contributed by atoms with Gasteiger partial charge in [0.2, 0.25) is 0 Å². The van der Waals surface area contributed by atoms with Gasteiger partial charge in [0.15, 0.2) is 5.78 Å². The Hall–Kier alpha value is -2.97. The van der Waals surface area contributed by atoms with E-state index in [1.807, 2.05) is 24.3 Å². The molecule has 2 aromatic carbocycles. The summed E-state index contributed by atoms with van der Waals surface area (Å²) in [6.45, 7) is 2.38. The summed E-state index contributed by atoms with van der Waals surface area (Å²) in [7, 11) is 1.59. The number of rotatable bonds is 11. The molecule has 2 heterocycles. The lowest BCUT2D eigenvalue weighted by molar-refractivity contribution is -0.139. The quantitative estimate of drug-likeness (QED) is 0.268. The molecule has 190 valence electrons. The third-order valence-corrected chi connectivity index (χ3v) is 7.85. The zero-order chi connectivity index (χ0) is 25.5. The summed E-state index contributed by atoms with van der Waals surface area (Å²) in [6.07, 6.45) is 3.64. The fourth-order valence-corrected chi connectivity index (χ4v) is 5.95. The van der Waals surface area contributed by atoms with Crippen LogP contribution in [0.2, 0.25) is 0 Å². The zero-order valence-electron chi connectivity index (χ0n) is 20.4. The van der Waals surface area contributed by atoms with E-state index < -0.39 is 5.97 Å². The van der Waals surface area contributed by atoms with Gasteiger partial charge in [0.1, 0.15) is 11.6 Å². The number of carboxylic acids is 1. The van der Waals surface area contributed by atoms with Crippen molar-refractivity contribution in [1.29, 1.82) is 0 Å². The molecular weight excluding hydrogens is 479 g/mol. The number of ketones is 1. The summed E-state index contributed by atoms with van der Waals surface area (Å²) < 4.78 is 18.7. The third-order valence-electron chi connectivity index (χ3n) is 6.88. The second kappa shape index (κ2) is 12.3. The van der Waals surface area contributed by atoms with E-state index >= 15 is 0 Å². The number of hydrogen-bond donors (Lipinski definition) is 1. The molecule has 36 heavy (non-hydrogen) atoms. The van der Waals surface area contributed by atoms with E-state index in [9.17, 15) is 19.1 Å². The first-order valence-electron chi connectivity index (χ1n) is 12.2. The first-order valence-corrected chi connectivity index (χ1v) is 13.2. The molecule has 1 aliphatic rings. The highest BCUT2D eigenvalue weighted by molar-refractivity contribution is 7.99. The number of carbonyl (C=O) groups is 2. The molecule has 0 spiro atoms. The molecular formula is C28H31FN2O4S. The van der Waals surface area contributed by atoms with Crippen molar-refractivity contribution in [2.75, 3.05) is 32.5 Å². The number of methoxy groups -OCH3 is 1. The van der Waals surface area contributed by atoms with E-state index in [1.54, 1.807) is 37.2 Å². The first-order chi connectivity index (χ1) is 17.4. The molecule has 2 unspecified atom stereocenters. The van der Waals surface area contributed by atoms with Crippen LogP contribution in [0, 0.1) is 17.7 Å². The standard InChI is InChI=1S/C28H31FN2O4S/c1-35-22-6-7-26-25(17-22)24(9-11-30-26)27(32)8-5-19-10-12-31(18-20(19)15-28(33)34)13-14-36-23-4-2-3-21(29)16-23/h2-4,6-7,9,11,16-17,19-20H,5,8,10,12-15,18H2,1H3,(H,33,34). The number of nitrogens with zero attached hydrogens (tertiary/aromatic N) is 2. The largest absolute Gasteiger partial charge is 0.497 e. The number of fused-ring (bicyclic) bond motifs is 1. The number of thioether (sulfide) groups is 1. The molecule has 0 amide bonds. The Labute approximate surface area is 214 Å². The molecule has 4 rings (SSSR count). The molecule has 3 aromatic rings. The molecule has 1 N–H and O–H groups in total. The van der Waals surface area contributed by atoms with Gasteiger partial charge in [0, 0.05) is 53.7 Å². The monoisotopic (exact) mass is 510 g/mol. The van der Waals surface area contributed by atoms with Gasteiger partial charge in [-0.3, -0.25) is 14.6 Å². The van der Waals surface area contributed by atoms with Crippen molar-refractivity contribution >= 4 is 34.4 Å². The maximum atomic E-state index is 13.4. The van der Waals surface area contributed by atoms with Crippen LogP contribution in [0.1, 0.15) is 36.0 Å². The maximum absolute atomic E-state index is 13.4. The molecule has 8 heteroatoms. The second-order valence-electron chi connectivity index (χ2n) is 9.22. The zero-order valence-corrected chi connectivity index (χ0v) is 21.2. The van der Waals surface area contributed by atoms with Crippen LogP contribution in [0.15, 0.2) is 59.6 Å². The molecule has 0 bridgehead atoms. The van der Waals surface area contributed by atoms with Crippen molar-refractivity contribution in [3.05, 3.63) is 66.1 Å². The second-order valence-corrected chi connectivity index (χ2v) is 10.4. The summed E-state index contributed by atoms with van der Waals surface area (Å²) in [5.74, 6) is 0.658. The van der Waals surface area contributed by atoms with Gasteiger partial charge >= 0.3 is 5.97 Å². The number of likely N-dealkylation sites (tertiary alicyclic amines) is 1.